The molecule has 0 N–H and O–H groups in total. The summed E-state index contributed by atoms with van der Waals surface area (Å²) in [5, 5.41) is 3.43. The van der Waals surface area contributed by atoms with Gasteiger partial charge in [0, 0.05) is 28.4 Å². The Hall–Kier alpha value is -2.24. The number of benzene rings is 1. The molecule has 0 aliphatic carbocycles. The van der Waals surface area contributed by atoms with Crippen LogP contribution < -0.4 is 0 Å². The van der Waals surface area contributed by atoms with Crippen molar-refractivity contribution in [2.24, 2.45) is 0 Å². The summed E-state index contributed by atoms with van der Waals surface area (Å²) in [5.74, 6) is -0.386. The number of esters is 1. The van der Waals surface area contributed by atoms with Crippen LogP contribution in [0.5, 0.6) is 0 Å². The van der Waals surface area contributed by atoms with Crippen LogP contribution in [0.25, 0.3) is 10.6 Å². The van der Waals surface area contributed by atoms with Crippen molar-refractivity contribution in [3.63, 3.8) is 0 Å². The van der Waals surface area contributed by atoms with Gasteiger partial charge in [-0.15, -0.1) is 11.3 Å². The molecule has 0 saturated heterocycles. The van der Waals surface area contributed by atoms with Crippen molar-refractivity contribution in [3.05, 3.63) is 70.5 Å². The highest BCUT2D eigenvalue weighted by Crippen LogP contribution is 2.25. The van der Waals surface area contributed by atoms with Crippen LogP contribution in [0, 0.1) is 0 Å². The monoisotopic (exact) mass is 330 g/mol. The number of carbonyl (C=O) groups excluding carboxylic acids is 1. The summed E-state index contributed by atoms with van der Waals surface area (Å²) >= 11 is 7.37. The smallest absolute Gasteiger partial charge is 0.338 e. The first-order valence-corrected chi connectivity index (χ1v) is 7.75. The van der Waals surface area contributed by atoms with Crippen LogP contribution in [0.1, 0.15) is 16.1 Å². The Labute approximate surface area is 136 Å². The Morgan fingerprint density at radius 2 is 1.86 bits per heavy atom. The lowest BCUT2D eigenvalue weighted by Crippen LogP contribution is -2.05. The predicted molar refractivity (Wildman–Crippen MR) is 85.9 cm³/mol. The average Bonchev–Trinajstić information content (AvgIpc) is 3.03. The van der Waals surface area contributed by atoms with Gasteiger partial charge in [-0.3, -0.25) is 4.98 Å². The van der Waals surface area contributed by atoms with E-state index < -0.39 is 0 Å². The number of nitrogens with zero attached hydrogens (tertiary/aromatic N) is 2. The van der Waals surface area contributed by atoms with Crippen LogP contribution in [0.4, 0.5) is 0 Å². The van der Waals surface area contributed by atoms with Gasteiger partial charge in [-0.2, -0.15) is 0 Å². The maximum Gasteiger partial charge on any atom is 0.338 e. The second kappa shape index (κ2) is 6.68. The molecule has 110 valence electrons. The Bertz CT molecular complexity index is 772. The van der Waals surface area contributed by atoms with Crippen molar-refractivity contribution in [1.29, 1.82) is 0 Å². The van der Waals surface area contributed by atoms with Crippen molar-refractivity contribution >= 4 is 28.9 Å². The predicted octanol–water partition coefficient (Wildman–Crippen LogP) is 4.22. The van der Waals surface area contributed by atoms with E-state index in [1.54, 1.807) is 24.5 Å². The highest BCUT2D eigenvalue weighted by Gasteiger charge is 2.09. The third-order valence-electron chi connectivity index (χ3n) is 2.91. The van der Waals surface area contributed by atoms with Crippen LogP contribution in [0.15, 0.2) is 54.2 Å². The van der Waals surface area contributed by atoms with E-state index in [-0.39, 0.29) is 12.6 Å². The molecule has 0 atom stereocenters. The number of ether oxygens (including phenoxy) is 1. The molecule has 6 heteroatoms. The van der Waals surface area contributed by atoms with Gasteiger partial charge in [0.2, 0.25) is 0 Å². The quantitative estimate of drug-likeness (QED) is 0.672. The molecule has 22 heavy (non-hydrogen) atoms. The fourth-order valence-electron chi connectivity index (χ4n) is 1.81. The molecule has 2 heterocycles. The summed E-state index contributed by atoms with van der Waals surface area (Å²) in [5.41, 5.74) is 2.18. The van der Waals surface area contributed by atoms with E-state index >= 15 is 0 Å². The zero-order valence-corrected chi connectivity index (χ0v) is 13.0. The molecule has 0 spiro atoms. The van der Waals surface area contributed by atoms with Crippen molar-refractivity contribution in [3.8, 4) is 10.6 Å². The highest BCUT2D eigenvalue weighted by molar-refractivity contribution is 7.13. The lowest BCUT2D eigenvalue weighted by molar-refractivity contribution is 0.0468. The molecule has 3 aromatic rings. The van der Waals surface area contributed by atoms with Gasteiger partial charge in [-0.1, -0.05) is 23.7 Å². The second-order valence-corrected chi connectivity index (χ2v) is 5.76. The van der Waals surface area contributed by atoms with E-state index in [9.17, 15) is 4.79 Å². The molecule has 0 amide bonds. The first kappa shape index (κ1) is 14.7. The fraction of sp³-hybridized carbons (Fsp3) is 0.0625. The zero-order valence-electron chi connectivity index (χ0n) is 11.4. The standard InChI is InChI=1S/C16H11ClN2O2S/c17-13-3-1-11(2-4-13)15-19-14(10-22-15)9-21-16(20)12-5-7-18-8-6-12/h1-8,10H,9H2. The van der Waals surface area contributed by atoms with Gasteiger partial charge in [-0.25, -0.2) is 9.78 Å². The van der Waals surface area contributed by atoms with E-state index in [1.165, 1.54) is 11.3 Å². The van der Waals surface area contributed by atoms with E-state index in [1.807, 2.05) is 29.6 Å². The van der Waals surface area contributed by atoms with Gasteiger partial charge in [-0.05, 0) is 24.3 Å². The Balaban J connectivity index is 1.65. The minimum Gasteiger partial charge on any atom is -0.456 e. The first-order valence-electron chi connectivity index (χ1n) is 6.50. The van der Waals surface area contributed by atoms with Crippen LogP contribution in [-0.2, 0) is 11.3 Å². The summed E-state index contributed by atoms with van der Waals surface area (Å²) in [7, 11) is 0. The number of pyridine rings is 1. The maximum absolute atomic E-state index is 11.8. The Morgan fingerprint density at radius 1 is 1.14 bits per heavy atom. The van der Waals surface area contributed by atoms with Gasteiger partial charge in [0.05, 0.1) is 11.3 Å². The van der Waals surface area contributed by atoms with Crippen LogP contribution >= 0.6 is 22.9 Å². The number of carbonyl (C=O) groups is 1. The van der Waals surface area contributed by atoms with Crippen molar-refractivity contribution in [1.82, 2.24) is 9.97 Å². The molecule has 0 bridgehead atoms. The summed E-state index contributed by atoms with van der Waals surface area (Å²) in [4.78, 5) is 20.2. The number of rotatable bonds is 4. The molecule has 1 aromatic carbocycles. The Kier molecular flexibility index (Phi) is 4.46. The van der Waals surface area contributed by atoms with E-state index in [2.05, 4.69) is 9.97 Å². The largest absolute Gasteiger partial charge is 0.456 e. The number of aromatic nitrogens is 2. The zero-order chi connectivity index (χ0) is 15.4. The van der Waals surface area contributed by atoms with Crippen molar-refractivity contribution in [2.45, 2.75) is 6.61 Å². The molecule has 0 saturated carbocycles. The molecule has 0 aliphatic rings. The minimum absolute atomic E-state index is 0.144. The SMILES string of the molecule is O=C(OCc1csc(-c2ccc(Cl)cc2)n1)c1ccncc1. The third-order valence-corrected chi connectivity index (χ3v) is 4.10. The first-order chi connectivity index (χ1) is 10.7. The van der Waals surface area contributed by atoms with Gasteiger partial charge in [0.25, 0.3) is 0 Å². The molecule has 0 radical (unpaired) electrons. The van der Waals surface area contributed by atoms with Gasteiger partial charge in [0.15, 0.2) is 0 Å². The minimum atomic E-state index is -0.386. The molecule has 4 nitrogen and oxygen atoms in total. The van der Waals surface area contributed by atoms with Crippen molar-refractivity contribution in [2.75, 3.05) is 0 Å². The number of thiazole rings is 1. The summed E-state index contributed by atoms with van der Waals surface area (Å²) < 4.78 is 5.24. The van der Waals surface area contributed by atoms with Crippen molar-refractivity contribution < 1.29 is 9.53 Å². The normalized spacial score (nSPS) is 10.4. The summed E-state index contributed by atoms with van der Waals surface area (Å²) in [6, 6.07) is 10.7. The molecule has 0 fully saturated rings. The topological polar surface area (TPSA) is 52.1 Å². The maximum atomic E-state index is 11.8. The number of halogens is 1. The molecule has 2 aromatic heterocycles. The highest BCUT2D eigenvalue weighted by atomic mass is 35.5. The molecular formula is C16H11ClN2O2S. The van der Waals surface area contributed by atoms with Gasteiger partial charge >= 0.3 is 5.97 Å². The molecule has 0 aliphatic heterocycles. The molecule has 3 rings (SSSR count). The van der Waals surface area contributed by atoms with Gasteiger partial charge < -0.3 is 4.74 Å². The van der Waals surface area contributed by atoms with Crippen LogP contribution in [0.3, 0.4) is 0 Å². The lowest BCUT2D eigenvalue weighted by Gasteiger charge is -2.02. The molecular weight excluding hydrogens is 320 g/mol. The van der Waals surface area contributed by atoms with E-state index in [4.69, 9.17) is 16.3 Å². The molecule has 0 unspecified atom stereocenters. The lowest BCUT2D eigenvalue weighted by atomic mass is 10.2. The van der Waals surface area contributed by atoms with E-state index in [0.29, 0.717) is 10.6 Å². The number of hydrogen-bond acceptors (Lipinski definition) is 5. The summed E-state index contributed by atoms with van der Waals surface area (Å²) in [6.07, 6.45) is 3.11. The second-order valence-electron chi connectivity index (χ2n) is 4.46. The average molecular weight is 331 g/mol. The fourth-order valence-corrected chi connectivity index (χ4v) is 2.75. The number of hydrogen-bond donors (Lipinski definition) is 0. The summed E-state index contributed by atoms with van der Waals surface area (Å²) in [6.45, 7) is 0.144. The Morgan fingerprint density at radius 3 is 2.59 bits per heavy atom. The van der Waals surface area contributed by atoms with Gasteiger partial charge in [0.1, 0.15) is 11.6 Å². The third kappa shape index (κ3) is 3.50. The van der Waals surface area contributed by atoms with Crippen LogP contribution in [-0.4, -0.2) is 15.9 Å². The van der Waals surface area contributed by atoms with Crippen LogP contribution in [0.2, 0.25) is 5.02 Å². The van der Waals surface area contributed by atoms with E-state index in [0.717, 1.165) is 16.3 Å².